The minimum Gasteiger partial charge on any atom is -0.153 e. The van der Waals surface area contributed by atoms with Gasteiger partial charge in [0.15, 0.2) is 0 Å². The monoisotopic (exact) mass is 150 g/mol. The van der Waals surface area contributed by atoms with E-state index in [1.165, 1.54) is 0 Å². The van der Waals surface area contributed by atoms with Crippen molar-refractivity contribution in [2.45, 2.75) is 0 Å². The topological polar surface area (TPSA) is 0 Å². The molecule has 5 heavy (non-hydrogen) atoms. The molecule has 0 N–H and O–H groups in total. The first-order chi connectivity index (χ1) is 1.41. The maximum Gasteiger partial charge on any atom is 0.0366 e. The summed E-state index contributed by atoms with van der Waals surface area (Å²) in [4.78, 5) is 0. The molecule has 0 aromatic rings. The molecule has 0 fully saturated rings. The number of halogens is 1. The van der Waals surface area contributed by atoms with Crippen LogP contribution in [0.2, 0.25) is 0 Å². The number of rotatable bonds is 0. The first-order valence-corrected chi connectivity index (χ1v) is 2.03. The Hall–Kier alpha value is 1.58. The molecule has 0 bridgehead atoms. The molecule has 0 aliphatic rings. The Morgan fingerprint density at radius 2 is 1.40 bits per heavy atom. The SMILES string of the molecule is P.P.PCCl. The summed E-state index contributed by atoms with van der Waals surface area (Å²) < 4.78 is 0. The van der Waals surface area contributed by atoms with Gasteiger partial charge < -0.3 is 0 Å². The summed E-state index contributed by atoms with van der Waals surface area (Å²) in [5.41, 5.74) is 0.639. The summed E-state index contributed by atoms with van der Waals surface area (Å²) in [6.45, 7) is 0. The van der Waals surface area contributed by atoms with Gasteiger partial charge in [-0.25, -0.2) is 0 Å². The van der Waals surface area contributed by atoms with E-state index < -0.39 is 0 Å². The molecule has 0 aliphatic carbocycles. The highest BCUT2D eigenvalue weighted by Gasteiger charge is 1.37. The molecule has 3 unspecified atom stereocenters. The molecule has 0 rings (SSSR count). The van der Waals surface area contributed by atoms with Gasteiger partial charge >= 0.3 is 0 Å². The minimum atomic E-state index is 0. The normalized spacial score (nSPS) is 3.60. The zero-order valence-electron chi connectivity index (χ0n) is 3.08. The maximum atomic E-state index is 4.96. The van der Waals surface area contributed by atoms with Crippen LogP contribution >= 0.6 is 40.6 Å². The van der Waals surface area contributed by atoms with Crippen LogP contribution in [-0.2, 0) is 0 Å². The Kier molecular flexibility index (Phi) is 56.2. The van der Waals surface area contributed by atoms with Crippen LogP contribution in [0.15, 0.2) is 0 Å². The number of hydrogen-bond donors (Lipinski definition) is 0. The van der Waals surface area contributed by atoms with Crippen LogP contribution in [0.1, 0.15) is 0 Å². The van der Waals surface area contributed by atoms with Crippen LogP contribution in [0.4, 0.5) is 0 Å². The van der Waals surface area contributed by atoms with Crippen molar-refractivity contribution >= 4 is 40.6 Å². The fourth-order valence-corrected chi connectivity index (χ4v) is 0. The van der Waals surface area contributed by atoms with Crippen molar-refractivity contribution in [3.8, 4) is 0 Å². The Bertz CT molecular complexity index is 6.85. The summed E-state index contributed by atoms with van der Waals surface area (Å²) in [6.07, 6.45) is 0. The minimum absolute atomic E-state index is 0. The first kappa shape index (κ1) is 16.0. The Morgan fingerprint density at radius 1 is 1.40 bits per heavy atom. The standard InChI is InChI=1S/CH4ClP.2H3P/c2-1-3;;/h1,3H2;2*1H3. The van der Waals surface area contributed by atoms with Gasteiger partial charge in [-0.1, -0.05) is 0 Å². The van der Waals surface area contributed by atoms with E-state index >= 15 is 0 Å². The Balaban J connectivity index is -0.0000000200. The smallest absolute Gasteiger partial charge is 0.0366 e. The third kappa shape index (κ3) is 28.6. The van der Waals surface area contributed by atoms with E-state index in [2.05, 4.69) is 9.24 Å². The zero-order valence-corrected chi connectivity index (χ0v) is 7.82. The van der Waals surface area contributed by atoms with Crippen LogP contribution < -0.4 is 0 Å². The van der Waals surface area contributed by atoms with Crippen molar-refractivity contribution in [1.29, 1.82) is 0 Å². The van der Waals surface area contributed by atoms with Gasteiger partial charge in [-0.2, -0.15) is 19.8 Å². The summed E-state index contributed by atoms with van der Waals surface area (Å²) >= 11 is 4.96. The van der Waals surface area contributed by atoms with Gasteiger partial charge in [0.2, 0.25) is 0 Å². The molecule has 0 saturated heterocycles. The molecule has 3 atom stereocenters. The van der Waals surface area contributed by atoms with Gasteiger partial charge in [0, 0.05) is 5.62 Å². The second-order valence-corrected chi connectivity index (χ2v) is 1.39. The molecule has 0 nitrogen and oxygen atoms in total. The average molecular weight is 150 g/mol. The second kappa shape index (κ2) is 17.6. The summed E-state index contributed by atoms with van der Waals surface area (Å²) in [7, 11) is 2.34. The molecule has 0 saturated carbocycles. The highest BCUT2D eigenvalue weighted by molar-refractivity contribution is 7.19. The molecule has 36 valence electrons. The van der Waals surface area contributed by atoms with Crippen molar-refractivity contribution in [3.05, 3.63) is 0 Å². The zero-order chi connectivity index (χ0) is 2.71. The van der Waals surface area contributed by atoms with E-state index in [4.69, 9.17) is 11.6 Å². The predicted octanol–water partition coefficient (Wildman–Crippen LogP) is 1.17. The van der Waals surface area contributed by atoms with Crippen LogP contribution in [0.5, 0.6) is 0 Å². The van der Waals surface area contributed by atoms with Crippen molar-refractivity contribution < 1.29 is 0 Å². The van der Waals surface area contributed by atoms with Crippen molar-refractivity contribution in [3.63, 3.8) is 0 Å². The van der Waals surface area contributed by atoms with E-state index in [0.717, 1.165) is 0 Å². The van der Waals surface area contributed by atoms with Crippen LogP contribution in [0.25, 0.3) is 0 Å². The predicted molar refractivity (Wildman–Crippen MR) is 42.6 cm³/mol. The second-order valence-electron chi connectivity index (χ2n) is 0.154. The lowest BCUT2D eigenvalue weighted by molar-refractivity contribution is 2.26. The summed E-state index contributed by atoms with van der Waals surface area (Å²) in [5.74, 6) is 0. The molecule has 0 radical (unpaired) electrons. The number of alkyl halides is 1. The molecular weight excluding hydrogens is 140 g/mol. The molecule has 0 amide bonds. The van der Waals surface area contributed by atoms with E-state index in [9.17, 15) is 0 Å². The lowest BCUT2D eigenvalue weighted by atomic mass is 11.9. The lowest BCUT2D eigenvalue weighted by Gasteiger charge is -1.46. The van der Waals surface area contributed by atoms with E-state index in [1.807, 2.05) is 0 Å². The van der Waals surface area contributed by atoms with E-state index in [0.29, 0.717) is 5.62 Å². The number of hydrogen-bond acceptors (Lipinski definition) is 0. The lowest BCUT2D eigenvalue weighted by Crippen LogP contribution is -1.21. The average Bonchev–Trinajstić information content (AvgIpc) is 0.918. The molecule has 0 aliphatic heterocycles. The molecule has 4 heteroatoms. The van der Waals surface area contributed by atoms with Gasteiger partial charge in [-0.15, -0.1) is 20.8 Å². The van der Waals surface area contributed by atoms with Gasteiger partial charge in [0.05, 0.1) is 0 Å². The van der Waals surface area contributed by atoms with Gasteiger partial charge in [0.25, 0.3) is 0 Å². The van der Waals surface area contributed by atoms with Gasteiger partial charge in [-0.3, -0.25) is 0 Å². The summed E-state index contributed by atoms with van der Waals surface area (Å²) in [6, 6.07) is 0. The summed E-state index contributed by atoms with van der Waals surface area (Å²) in [5, 5.41) is 0. The molecule has 0 heterocycles. The van der Waals surface area contributed by atoms with Crippen molar-refractivity contribution in [2.24, 2.45) is 0 Å². The van der Waals surface area contributed by atoms with Crippen LogP contribution in [0.3, 0.4) is 0 Å². The largest absolute Gasteiger partial charge is 0.153 e. The third-order valence-electron chi connectivity index (χ3n) is 0. The first-order valence-electron chi connectivity index (χ1n) is 0.676. The fourth-order valence-electron chi connectivity index (χ4n) is 0. The molecule has 0 aromatic carbocycles. The maximum absolute atomic E-state index is 4.96. The van der Waals surface area contributed by atoms with Gasteiger partial charge in [-0.05, 0) is 0 Å². The quantitative estimate of drug-likeness (QED) is 0.359. The third-order valence-corrected chi connectivity index (χ3v) is 0. The molecule has 0 aromatic heterocycles. The molecular formula is CH10ClP3. The van der Waals surface area contributed by atoms with Crippen LogP contribution in [0, 0.1) is 0 Å². The van der Waals surface area contributed by atoms with Gasteiger partial charge in [0.1, 0.15) is 0 Å². The highest BCUT2D eigenvalue weighted by atomic mass is 35.5. The van der Waals surface area contributed by atoms with E-state index in [1.54, 1.807) is 0 Å². The van der Waals surface area contributed by atoms with Crippen molar-refractivity contribution in [2.75, 3.05) is 5.62 Å². The fraction of sp³-hybridized carbons (Fsp3) is 1.00. The van der Waals surface area contributed by atoms with Crippen molar-refractivity contribution in [1.82, 2.24) is 0 Å². The Labute approximate surface area is 46.9 Å². The van der Waals surface area contributed by atoms with E-state index in [-0.39, 0.29) is 19.8 Å². The highest BCUT2D eigenvalue weighted by Crippen LogP contribution is 1.79. The molecule has 0 spiro atoms. The van der Waals surface area contributed by atoms with Crippen LogP contribution in [-0.4, -0.2) is 5.62 Å². The Morgan fingerprint density at radius 3 is 1.40 bits per heavy atom.